The molecule has 0 aliphatic carbocycles. The van der Waals surface area contributed by atoms with Gasteiger partial charge in [0.05, 0.1) is 17.6 Å². The van der Waals surface area contributed by atoms with Crippen molar-refractivity contribution in [2.45, 2.75) is 59.0 Å². The topological polar surface area (TPSA) is 28.2 Å². The van der Waals surface area contributed by atoms with Gasteiger partial charge in [-0.05, 0) is 37.9 Å². The molecule has 0 saturated heterocycles. The largest absolute Gasteiger partial charge is 0.370 e. The lowest BCUT2D eigenvalue weighted by molar-refractivity contribution is 0.524. The molecular weight excluding hydrogens is 234 g/mol. The highest BCUT2D eigenvalue weighted by atomic mass is 15.1. The van der Waals surface area contributed by atoms with Crippen molar-refractivity contribution in [1.29, 1.82) is 0 Å². The molecule has 0 radical (unpaired) electrons. The minimum atomic E-state index is 0.373. The molecule has 0 amide bonds. The monoisotopic (exact) mass is 263 g/mol. The molecular formula is C16H29N3. The molecule has 19 heavy (non-hydrogen) atoms. The van der Waals surface area contributed by atoms with Crippen molar-refractivity contribution in [2.24, 2.45) is 0 Å². The Bertz CT molecular complexity index is 344. The average molecular weight is 263 g/mol. The highest BCUT2D eigenvalue weighted by Gasteiger charge is 2.13. The highest BCUT2D eigenvalue weighted by molar-refractivity contribution is 5.45. The zero-order valence-electron chi connectivity index (χ0n) is 13.1. The van der Waals surface area contributed by atoms with Gasteiger partial charge < -0.3 is 10.2 Å². The van der Waals surface area contributed by atoms with Crippen molar-refractivity contribution >= 4 is 5.69 Å². The number of anilines is 1. The molecule has 1 aromatic heterocycles. The SMILES string of the molecule is CCNC(CC)c1ccc(N(C)C(CC)CC)cn1. The normalized spacial score (nSPS) is 12.7. The maximum atomic E-state index is 4.64. The van der Waals surface area contributed by atoms with Crippen LogP contribution in [-0.4, -0.2) is 24.6 Å². The van der Waals surface area contributed by atoms with E-state index in [0.717, 1.165) is 18.7 Å². The van der Waals surface area contributed by atoms with E-state index in [4.69, 9.17) is 0 Å². The Morgan fingerprint density at radius 2 is 1.79 bits per heavy atom. The second kappa shape index (κ2) is 8.16. The number of aromatic nitrogens is 1. The number of hydrogen-bond donors (Lipinski definition) is 1. The quantitative estimate of drug-likeness (QED) is 0.774. The summed E-state index contributed by atoms with van der Waals surface area (Å²) in [6.07, 6.45) is 5.42. The summed E-state index contributed by atoms with van der Waals surface area (Å²) in [6, 6.07) is 5.33. The first kappa shape index (κ1) is 16.0. The van der Waals surface area contributed by atoms with E-state index in [1.807, 2.05) is 6.20 Å². The number of hydrogen-bond acceptors (Lipinski definition) is 3. The van der Waals surface area contributed by atoms with E-state index in [1.165, 1.54) is 18.5 Å². The molecule has 0 bridgehead atoms. The molecule has 0 saturated carbocycles. The van der Waals surface area contributed by atoms with Gasteiger partial charge in [-0.1, -0.05) is 27.7 Å². The minimum Gasteiger partial charge on any atom is -0.370 e. The zero-order valence-corrected chi connectivity index (χ0v) is 13.1. The molecule has 0 fully saturated rings. The summed E-state index contributed by atoms with van der Waals surface area (Å²) in [5, 5.41) is 3.47. The molecule has 1 atom stereocenters. The van der Waals surface area contributed by atoms with E-state index in [1.54, 1.807) is 0 Å². The van der Waals surface area contributed by atoms with Gasteiger partial charge in [-0.25, -0.2) is 0 Å². The Morgan fingerprint density at radius 3 is 2.21 bits per heavy atom. The number of nitrogens with zero attached hydrogens (tertiary/aromatic N) is 2. The Morgan fingerprint density at radius 1 is 1.11 bits per heavy atom. The van der Waals surface area contributed by atoms with E-state index in [9.17, 15) is 0 Å². The summed E-state index contributed by atoms with van der Waals surface area (Å²) < 4.78 is 0. The van der Waals surface area contributed by atoms with Gasteiger partial charge in [0.2, 0.25) is 0 Å². The van der Waals surface area contributed by atoms with Crippen LogP contribution in [0.5, 0.6) is 0 Å². The van der Waals surface area contributed by atoms with Crippen LogP contribution in [-0.2, 0) is 0 Å². The van der Waals surface area contributed by atoms with Gasteiger partial charge in [0, 0.05) is 19.1 Å². The molecule has 3 nitrogen and oxygen atoms in total. The summed E-state index contributed by atoms with van der Waals surface area (Å²) in [5.74, 6) is 0. The fourth-order valence-corrected chi connectivity index (χ4v) is 2.56. The first-order chi connectivity index (χ1) is 9.17. The van der Waals surface area contributed by atoms with Crippen LogP contribution in [0.4, 0.5) is 5.69 Å². The molecule has 1 unspecified atom stereocenters. The second-order valence-corrected chi connectivity index (χ2v) is 5.04. The van der Waals surface area contributed by atoms with Crippen LogP contribution in [0.1, 0.15) is 58.7 Å². The summed E-state index contributed by atoms with van der Waals surface area (Å²) in [6.45, 7) is 9.79. The summed E-state index contributed by atoms with van der Waals surface area (Å²) in [7, 11) is 2.16. The molecule has 1 N–H and O–H groups in total. The number of rotatable bonds is 8. The van der Waals surface area contributed by atoms with E-state index in [2.05, 4.69) is 62.1 Å². The molecule has 0 spiro atoms. The van der Waals surface area contributed by atoms with Gasteiger partial charge in [0.1, 0.15) is 0 Å². The highest BCUT2D eigenvalue weighted by Crippen LogP contribution is 2.20. The minimum absolute atomic E-state index is 0.373. The Balaban J connectivity index is 2.80. The van der Waals surface area contributed by atoms with Gasteiger partial charge >= 0.3 is 0 Å². The fraction of sp³-hybridized carbons (Fsp3) is 0.688. The van der Waals surface area contributed by atoms with Crippen LogP contribution in [0, 0.1) is 0 Å². The molecule has 1 heterocycles. The van der Waals surface area contributed by atoms with Crippen LogP contribution in [0.3, 0.4) is 0 Å². The second-order valence-electron chi connectivity index (χ2n) is 5.04. The van der Waals surface area contributed by atoms with Gasteiger partial charge in [0.25, 0.3) is 0 Å². The summed E-state index contributed by atoms with van der Waals surface area (Å²) in [4.78, 5) is 6.97. The van der Waals surface area contributed by atoms with Crippen molar-refractivity contribution in [3.63, 3.8) is 0 Å². The third-order valence-corrected chi connectivity index (χ3v) is 3.88. The molecule has 3 heteroatoms. The predicted octanol–water partition coefficient (Wildman–Crippen LogP) is 3.77. The zero-order chi connectivity index (χ0) is 14.3. The predicted molar refractivity (Wildman–Crippen MR) is 83.7 cm³/mol. The van der Waals surface area contributed by atoms with Crippen LogP contribution in [0.25, 0.3) is 0 Å². The van der Waals surface area contributed by atoms with Crippen molar-refractivity contribution in [3.8, 4) is 0 Å². The Labute approximate surface area is 118 Å². The van der Waals surface area contributed by atoms with Crippen molar-refractivity contribution < 1.29 is 0 Å². The number of pyridine rings is 1. The van der Waals surface area contributed by atoms with Crippen LogP contribution < -0.4 is 10.2 Å². The molecule has 108 valence electrons. The van der Waals surface area contributed by atoms with Gasteiger partial charge in [-0.2, -0.15) is 0 Å². The van der Waals surface area contributed by atoms with Crippen LogP contribution in [0.2, 0.25) is 0 Å². The van der Waals surface area contributed by atoms with Gasteiger partial charge in [-0.15, -0.1) is 0 Å². The molecule has 0 aliphatic heterocycles. The first-order valence-corrected chi connectivity index (χ1v) is 7.59. The molecule has 0 aliphatic rings. The van der Waals surface area contributed by atoms with E-state index >= 15 is 0 Å². The average Bonchev–Trinajstić information content (AvgIpc) is 2.46. The summed E-state index contributed by atoms with van der Waals surface area (Å²) >= 11 is 0. The van der Waals surface area contributed by atoms with Crippen LogP contribution >= 0.6 is 0 Å². The standard InChI is InChI=1S/C16H29N3/c1-6-13(7-2)19(5)14-10-11-16(18-12-14)15(8-3)17-9-4/h10-13,15,17H,6-9H2,1-5H3. The molecule has 0 aromatic carbocycles. The lowest BCUT2D eigenvalue weighted by Gasteiger charge is -2.28. The molecule has 1 rings (SSSR count). The maximum absolute atomic E-state index is 4.64. The van der Waals surface area contributed by atoms with Crippen LogP contribution in [0.15, 0.2) is 18.3 Å². The van der Waals surface area contributed by atoms with Crippen molar-refractivity contribution in [1.82, 2.24) is 10.3 Å². The Kier molecular flexibility index (Phi) is 6.85. The smallest absolute Gasteiger partial charge is 0.0574 e. The van der Waals surface area contributed by atoms with Gasteiger partial charge in [0.15, 0.2) is 0 Å². The van der Waals surface area contributed by atoms with E-state index in [0.29, 0.717) is 12.1 Å². The van der Waals surface area contributed by atoms with Gasteiger partial charge in [-0.3, -0.25) is 4.98 Å². The van der Waals surface area contributed by atoms with E-state index in [-0.39, 0.29) is 0 Å². The van der Waals surface area contributed by atoms with E-state index < -0.39 is 0 Å². The first-order valence-electron chi connectivity index (χ1n) is 7.59. The maximum Gasteiger partial charge on any atom is 0.0574 e. The van der Waals surface area contributed by atoms with Crippen molar-refractivity contribution in [2.75, 3.05) is 18.5 Å². The third kappa shape index (κ3) is 4.20. The lowest BCUT2D eigenvalue weighted by atomic mass is 10.1. The third-order valence-electron chi connectivity index (χ3n) is 3.88. The van der Waals surface area contributed by atoms with Crippen molar-refractivity contribution in [3.05, 3.63) is 24.0 Å². The fourth-order valence-electron chi connectivity index (χ4n) is 2.56. The molecule has 1 aromatic rings. The summed E-state index contributed by atoms with van der Waals surface area (Å²) in [5.41, 5.74) is 2.36. The lowest BCUT2D eigenvalue weighted by Crippen LogP contribution is -2.30. The Hall–Kier alpha value is -1.09. The number of nitrogens with one attached hydrogen (secondary N) is 1.